The van der Waals surface area contributed by atoms with Crippen molar-refractivity contribution in [1.82, 2.24) is 0 Å². The first kappa shape index (κ1) is 15.8. The van der Waals surface area contributed by atoms with Crippen LogP contribution in [-0.4, -0.2) is 0 Å². The van der Waals surface area contributed by atoms with Gasteiger partial charge in [-0.2, -0.15) is 21.0 Å². The molecule has 0 unspecified atom stereocenters. The van der Waals surface area contributed by atoms with Crippen LogP contribution >= 0.6 is 0 Å². The number of fused-ring (bicyclic) bond motifs is 1. The van der Waals surface area contributed by atoms with E-state index in [-0.39, 0.29) is 11.1 Å². The minimum Gasteiger partial charge on any atom is -0.192 e. The van der Waals surface area contributed by atoms with E-state index < -0.39 is 5.92 Å². The molecule has 0 saturated heterocycles. The van der Waals surface area contributed by atoms with Crippen molar-refractivity contribution in [3.8, 4) is 24.3 Å². The molecule has 0 amide bonds. The van der Waals surface area contributed by atoms with Gasteiger partial charge in [0.05, 0.1) is 0 Å². The number of hydrogen-bond donors (Lipinski definition) is 0. The molecule has 2 aromatic carbocycles. The van der Waals surface area contributed by atoms with E-state index in [1.165, 1.54) is 0 Å². The molecule has 4 nitrogen and oxygen atoms in total. The molecule has 0 saturated carbocycles. The van der Waals surface area contributed by atoms with Gasteiger partial charge in [-0.05, 0) is 16.7 Å². The molecule has 0 radical (unpaired) electrons. The lowest BCUT2D eigenvalue weighted by Crippen LogP contribution is -2.01. The molecule has 25 heavy (non-hydrogen) atoms. The predicted molar refractivity (Wildman–Crippen MR) is 91.9 cm³/mol. The molecule has 0 N–H and O–H groups in total. The van der Waals surface area contributed by atoms with Crippen LogP contribution in [0.25, 0.3) is 11.1 Å². The van der Waals surface area contributed by atoms with Crippen LogP contribution in [0.4, 0.5) is 0 Å². The topological polar surface area (TPSA) is 95.2 Å². The summed E-state index contributed by atoms with van der Waals surface area (Å²) in [5, 5.41) is 37.8. The van der Waals surface area contributed by atoms with Crippen LogP contribution in [0.3, 0.4) is 0 Å². The summed E-state index contributed by atoms with van der Waals surface area (Å²) in [7, 11) is 0. The van der Waals surface area contributed by atoms with Crippen molar-refractivity contribution in [2.75, 3.05) is 0 Å². The summed E-state index contributed by atoms with van der Waals surface area (Å²) < 4.78 is 0. The van der Waals surface area contributed by atoms with Crippen LogP contribution in [0.15, 0.2) is 65.7 Å². The van der Waals surface area contributed by atoms with E-state index in [9.17, 15) is 21.0 Å². The Balaban J connectivity index is 2.49. The van der Waals surface area contributed by atoms with E-state index in [2.05, 4.69) is 0 Å². The van der Waals surface area contributed by atoms with Crippen molar-refractivity contribution < 1.29 is 0 Å². The van der Waals surface area contributed by atoms with Gasteiger partial charge >= 0.3 is 0 Å². The molecule has 114 valence electrons. The zero-order valence-electron chi connectivity index (χ0n) is 13.1. The van der Waals surface area contributed by atoms with Crippen LogP contribution in [0.2, 0.25) is 0 Å². The van der Waals surface area contributed by atoms with Crippen molar-refractivity contribution in [2.45, 2.75) is 5.92 Å². The lowest BCUT2D eigenvalue weighted by Gasteiger charge is -2.15. The van der Waals surface area contributed by atoms with Gasteiger partial charge in [0.15, 0.2) is 0 Å². The summed E-state index contributed by atoms with van der Waals surface area (Å²) in [6.45, 7) is 0. The maximum atomic E-state index is 9.44. The Bertz CT molecular complexity index is 977. The SMILES string of the molecule is N#CC(C#N)=C1c2ccccc2C(=C(C#N)C#N)C1c1ccccc1. The molecule has 3 rings (SSSR count). The first-order valence-corrected chi connectivity index (χ1v) is 7.50. The zero-order valence-corrected chi connectivity index (χ0v) is 13.1. The van der Waals surface area contributed by atoms with E-state index in [1.54, 1.807) is 0 Å². The molecule has 1 aliphatic rings. The van der Waals surface area contributed by atoms with Crippen LogP contribution in [0, 0.1) is 45.3 Å². The molecule has 0 aromatic heterocycles. The Kier molecular flexibility index (Phi) is 4.13. The van der Waals surface area contributed by atoms with Gasteiger partial charge in [0.1, 0.15) is 35.4 Å². The van der Waals surface area contributed by atoms with Gasteiger partial charge in [-0.3, -0.25) is 0 Å². The number of benzene rings is 2. The Morgan fingerprint density at radius 1 is 0.600 bits per heavy atom. The van der Waals surface area contributed by atoms with E-state index in [0.717, 1.165) is 5.56 Å². The van der Waals surface area contributed by atoms with Gasteiger partial charge in [-0.25, -0.2) is 0 Å². The molecule has 0 heterocycles. The first-order valence-electron chi connectivity index (χ1n) is 7.50. The molecular weight excluding hydrogens is 308 g/mol. The van der Waals surface area contributed by atoms with E-state index in [1.807, 2.05) is 78.9 Å². The molecule has 0 fully saturated rings. The quantitative estimate of drug-likeness (QED) is 0.740. The standard InChI is InChI=1S/C21H10N4/c22-10-15(11-23)19-17-8-4-5-9-18(17)20(16(12-24)13-25)21(19)14-6-2-1-3-7-14/h1-9,21H. The fraction of sp³-hybridized carbons (Fsp3) is 0.0476. The summed E-state index contributed by atoms with van der Waals surface area (Å²) in [6, 6.07) is 24.4. The Morgan fingerprint density at radius 2 is 1.00 bits per heavy atom. The lowest BCUT2D eigenvalue weighted by molar-refractivity contribution is 1.15. The van der Waals surface area contributed by atoms with Crippen molar-refractivity contribution in [2.24, 2.45) is 0 Å². The van der Waals surface area contributed by atoms with Crippen molar-refractivity contribution in [3.05, 3.63) is 82.4 Å². The second kappa shape index (κ2) is 6.55. The summed E-state index contributed by atoms with van der Waals surface area (Å²) in [5.74, 6) is -0.498. The maximum Gasteiger partial charge on any atom is 0.134 e. The Morgan fingerprint density at radius 3 is 1.40 bits per heavy atom. The van der Waals surface area contributed by atoms with E-state index in [0.29, 0.717) is 22.3 Å². The second-order valence-corrected chi connectivity index (χ2v) is 5.41. The zero-order chi connectivity index (χ0) is 17.8. The fourth-order valence-corrected chi connectivity index (χ4v) is 3.24. The van der Waals surface area contributed by atoms with Crippen LogP contribution in [-0.2, 0) is 0 Å². The number of nitriles is 4. The summed E-state index contributed by atoms with van der Waals surface area (Å²) in [4.78, 5) is 0. The molecule has 0 aliphatic heterocycles. The van der Waals surface area contributed by atoms with Crippen molar-refractivity contribution in [3.63, 3.8) is 0 Å². The molecular formula is C21H10N4. The largest absolute Gasteiger partial charge is 0.192 e. The monoisotopic (exact) mass is 318 g/mol. The summed E-state index contributed by atoms with van der Waals surface area (Å²) in [5.41, 5.74) is 3.34. The number of allylic oxidation sites excluding steroid dienone is 4. The van der Waals surface area contributed by atoms with E-state index in [4.69, 9.17) is 0 Å². The van der Waals surface area contributed by atoms with Gasteiger partial charge in [0.25, 0.3) is 0 Å². The Hall–Kier alpha value is -4.12. The Labute approximate surface area is 145 Å². The normalized spacial score (nSPS) is 12.3. The highest BCUT2D eigenvalue weighted by molar-refractivity contribution is 6.03. The van der Waals surface area contributed by atoms with Crippen LogP contribution in [0.1, 0.15) is 22.6 Å². The van der Waals surface area contributed by atoms with Gasteiger partial charge in [-0.15, -0.1) is 0 Å². The third-order valence-electron chi connectivity index (χ3n) is 4.20. The molecule has 0 atom stereocenters. The van der Waals surface area contributed by atoms with Crippen LogP contribution in [0.5, 0.6) is 0 Å². The highest BCUT2D eigenvalue weighted by Crippen LogP contribution is 2.53. The third-order valence-corrected chi connectivity index (χ3v) is 4.20. The number of hydrogen-bond acceptors (Lipinski definition) is 4. The average Bonchev–Trinajstić information content (AvgIpc) is 3.00. The van der Waals surface area contributed by atoms with Crippen molar-refractivity contribution >= 4 is 11.1 Å². The molecule has 0 spiro atoms. The third kappa shape index (κ3) is 2.46. The molecule has 1 aliphatic carbocycles. The molecule has 0 bridgehead atoms. The maximum absolute atomic E-state index is 9.44. The molecule has 4 heteroatoms. The highest BCUT2D eigenvalue weighted by Gasteiger charge is 2.37. The van der Waals surface area contributed by atoms with Gasteiger partial charge < -0.3 is 0 Å². The van der Waals surface area contributed by atoms with Gasteiger partial charge in [-0.1, -0.05) is 54.6 Å². The predicted octanol–water partition coefficient (Wildman–Crippen LogP) is 4.09. The van der Waals surface area contributed by atoms with Gasteiger partial charge in [0, 0.05) is 17.1 Å². The summed E-state index contributed by atoms with van der Waals surface area (Å²) in [6.07, 6.45) is 0. The molecule has 2 aromatic rings. The average molecular weight is 318 g/mol. The highest BCUT2D eigenvalue weighted by atomic mass is 14.4. The minimum atomic E-state index is -0.498. The minimum absolute atomic E-state index is 0.00784. The fourth-order valence-electron chi connectivity index (χ4n) is 3.24. The van der Waals surface area contributed by atoms with E-state index >= 15 is 0 Å². The second-order valence-electron chi connectivity index (χ2n) is 5.41. The van der Waals surface area contributed by atoms with Crippen LogP contribution < -0.4 is 0 Å². The summed E-state index contributed by atoms with van der Waals surface area (Å²) >= 11 is 0. The van der Waals surface area contributed by atoms with Crippen molar-refractivity contribution in [1.29, 1.82) is 21.0 Å². The van der Waals surface area contributed by atoms with Gasteiger partial charge in [0.2, 0.25) is 0 Å². The smallest absolute Gasteiger partial charge is 0.134 e. The number of rotatable bonds is 1. The first-order chi connectivity index (χ1) is 12.3. The lowest BCUT2D eigenvalue weighted by atomic mass is 9.84. The number of nitrogens with zero attached hydrogens (tertiary/aromatic N) is 4.